The number of anilines is 3. The van der Waals surface area contributed by atoms with Crippen LogP contribution in [0, 0.1) is 12.7 Å². The van der Waals surface area contributed by atoms with Gasteiger partial charge in [-0.3, -0.25) is 0 Å². The van der Waals surface area contributed by atoms with Crippen LogP contribution in [-0.4, -0.2) is 4.98 Å². The quantitative estimate of drug-likeness (QED) is 0.244. The van der Waals surface area contributed by atoms with E-state index in [-0.39, 0.29) is 5.82 Å². The van der Waals surface area contributed by atoms with E-state index in [0.717, 1.165) is 61.8 Å². The molecule has 7 rings (SSSR count). The summed E-state index contributed by atoms with van der Waals surface area (Å²) >= 11 is 0. The Balaban J connectivity index is 1.54. The van der Waals surface area contributed by atoms with Gasteiger partial charge in [0, 0.05) is 10.9 Å². The van der Waals surface area contributed by atoms with Crippen LogP contribution < -0.4 is 9.64 Å². The minimum atomic E-state index is -0.268. The van der Waals surface area contributed by atoms with Crippen molar-refractivity contribution in [3.05, 3.63) is 133 Å². The molecule has 1 aromatic heterocycles. The van der Waals surface area contributed by atoms with Crippen molar-refractivity contribution in [3.8, 4) is 33.9 Å². The van der Waals surface area contributed by atoms with E-state index < -0.39 is 0 Å². The minimum Gasteiger partial charge on any atom is -0.453 e. The third kappa shape index (κ3) is 3.70. The molecule has 0 spiro atoms. The predicted molar refractivity (Wildman–Crippen MR) is 152 cm³/mol. The number of benzene rings is 5. The van der Waals surface area contributed by atoms with Gasteiger partial charge in [-0.25, -0.2) is 9.37 Å². The average Bonchev–Trinajstić information content (AvgIpc) is 2.96. The third-order valence-corrected chi connectivity index (χ3v) is 6.99. The number of aromatic nitrogens is 1. The molecule has 0 unspecified atom stereocenters. The zero-order valence-corrected chi connectivity index (χ0v) is 20.7. The lowest BCUT2D eigenvalue weighted by Crippen LogP contribution is -2.16. The van der Waals surface area contributed by atoms with E-state index in [2.05, 4.69) is 72.5 Å². The maximum Gasteiger partial charge on any atom is 0.151 e. The van der Waals surface area contributed by atoms with Gasteiger partial charge < -0.3 is 9.64 Å². The molecule has 2 heterocycles. The Labute approximate surface area is 220 Å². The molecule has 0 fully saturated rings. The van der Waals surface area contributed by atoms with Crippen molar-refractivity contribution in [2.45, 2.75) is 6.92 Å². The molecule has 0 radical (unpaired) electrons. The van der Waals surface area contributed by atoms with Gasteiger partial charge in [0.25, 0.3) is 0 Å². The van der Waals surface area contributed by atoms with Crippen molar-refractivity contribution in [2.75, 3.05) is 4.90 Å². The van der Waals surface area contributed by atoms with E-state index in [4.69, 9.17) is 9.72 Å². The van der Waals surface area contributed by atoms with Crippen molar-refractivity contribution in [2.24, 2.45) is 0 Å². The summed E-state index contributed by atoms with van der Waals surface area (Å²) in [6.45, 7) is 2.09. The standard InChI is InChI=1S/C34H23FN2O/c1-22-13-15-23(16-14-22)27-21-28(24-17-19-25(35)20-18-24)36-34-26(27)7-6-10-31(34)37-29-8-2-4-11-32(29)38-33-12-5-3-9-30(33)37/h2-21H,1H3. The fourth-order valence-corrected chi connectivity index (χ4v) is 5.12. The van der Waals surface area contributed by atoms with Gasteiger partial charge in [0.15, 0.2) is 11.5 Å². The summed E-state index contributed by atoms with van der Waals surface area (Å²) in [5.74, 6) is 1.31. The molecule has 0 saturated carbocycles. The van der Waals surface area contributed by atoms with Crippen molar-refractivity contribution < 1.29 is 9.13 Å². The summed E-state index contributed by atoms with van der Waals surface area (Å²) in [6.07, 6.45) is 0. The van der Waals surface area contributed by atoms with Crippen LogP contribution >= 0.6 is 0 Å². The number of fused-ring (bicyclic) bond motifs is 3. The van der Waals surface area contributed by atoms with E-state index in [1.165, 1.54) is 17.7 Å². The summed E-state index contributed by atoms with van der Waals surface area (Å²) < 4.78 is 20.0. The number of para-hydroxylation sites is 5. The Morgan fingerprint density at radius 2 is 1.24 bits per heavy atom. The zero-order chi connectivity index (χ0) is 25.6. The smallest absolute Gasteiger partial charge is 0.151 e. The highest BCUT2D eigenvalue weighted by molar-refractivity contribution is 6.05. The number of ether oxygens (including phenoxy) is 1. The second kappa shape index (κ2) is 8.86. The van der Waals surface area contributed by atoms with Gasteiger partial charge in [-0.1, -0.05) is 66.2 Å². The maximum atomic E-state index is 13.8. The van der Waals surface area contributed by atoms with Gasteiger partial charge in [-0.05, 0) is 78.7 Å². The fraction of sp³-hybridized carbons (Fsp3) is 0.0294. The second-order valence-corrected chi connectivity index (χ2v) is 9.47. The van der Waals surface area contributed by atoms with Gasteiger partial charge >= 0.3 is 0 Å². The molecule has 0 atom stereocenters. The molecule has 38 heavy (non-hydrogen) atoms. The Kier molecular flexibility index (Phi) is 5.19. The lowest BCUT2D eigenvalue weighted by molar-refractivity contribution is 0.477. The number of hydrogen-bond donors (Lipinski definition) is 0. The van der Waals surface area contributed by atoms with E-state index in [9.17, 15) is 4.39 Å². The van der Waals surface area contributed by atoms with Gasteiger partial charge in [-0.15, -0.1) is 0 Å². The summed E-state index contributed by atoms with van der Waals surface area (Å²) in [6, 6.07) is 39.5. The highest BCUT2D eigenvalue weighted by Gasteiger charge is 2.27. The first-order valence-corrected chi connectivity index (χ1v) is 12.6. The van der Waals surface area contributed by atoms with Crippen LogP contribution in [0.1, 0.15) is 5.56 Å². The zero-order valence-electron chi connectivity index (χ0n) is 20.7. The lowest BCUT2D eigenvalue weighted by atomic mass is 9.96. The van der Waals surface area contributed by atoms with Crippen LogP contribution in [0.5, 0.6) is 11.5 Å². The molecule has 3 nitrogen and oxygen atoms in total. The molecule has 0 bridgehead atoms. The summed E-state index contributed by atoms with van der Waals surface area (Å²) in [7, 11) is 0. The maximum absolute atomic E-state index is 13.8. The van der Waals surface area contributed by atoms with E-state index in [0.29, 0.717) is 0 Å². The molecule has 0 aliphatic carbocycles. The number of rotatable bonds is 3. The topological polar surface area (TPSA) is 25.4 Å². The first-order valence-electron chi connectivity index (χ1n) is 12.6. The molecule has 0 amide bonds. The van der Waals surface area contributed by atoms with E-state index >= 15 is 0 Å². The first-order chi connectivity index (χ1) is 18.7. The normalized spacial score (nSPS) is 12.1. The summed E-state index contributed by atoms with van der Waals surface area (Å²) in [4.78, 5) is 7.41. The Morgan fingerprint density at radius 3 is 1.92 bits per heavy atom. The number of hydrogen-bond acceptors (Lipinski definition) is 3. The van der Waals surface area contributed by atoms with Crippen LogP contribution in [-0.2, 0) is 0 Å². The molecule has 0 N–H and O–H groups in total. The fourth-order valence-electron chi connectivity index (χ4n) is 5.12. The summed E-state index contributed by atoms with van der Waals surface area (Å²) in [5, 5.41) is 1.04. The SMILES string of the molecule is Cc1ccc(-c2cc(-c3ccc(F)cc3)nc3c(N4c5ccccc5Oc5ccccc54)cccc23)cc1. The van der Waals surface area contributed by atoms with Crippen molar-refractivity contribution in [1.82, 2.24) is 4.98 Å². The van der Waals surface area contributed by atoms with Gasteiger partial charge in [0.05, 0.1) is 28.3 Å². The number of pyridine rings is 1. The largest absolute Gasteiger partial charge is 0.453 e. The van der Waals surface area contributed by atoms with Crippen molar-refractivity contribution in [1.29, 1.82) is 0 Å². The molecule has 5 aromatic carbocycles. The molecule has 0 saturated heterocycles. The van der Waals surface area contributed by atoms with Crippen molar-refractivity contribution >= 4 is 28.0 Å². The molecule has 4 heteroatoms. The Morgan fingerprint density at radius 1 is 0.632 bits per heavy atom. The molecule has 6 aromatic rings. The average molecular weight is 495 g/mol. The predicted octanol–water partition coefficient (Wildman–Crippen LogP) is 9.59. The van der Waals surface area contributed by atoms with E-state index in [1.807, 2.05) is 36.4 Å². The molecule has 182 valence electrons. The van der Waals surface area contributed by atoms with Gasteiger partial charge in [-0.2, -0.15) is 0 Å². The Hall–Kier alpha value is -4.96. The van der Waals surface area contributed by atoms with E-state index in [1.54, 1.807) is 12.1 Å². The second-order valence-electron chi connectivity index (χ2n) is 9.47. The number of halogens is 1. The highest BCUT2D eigenvalue weighted by atomic mass is 19.1. The summed E-state index contributed by atoms with van der Waals surface area (Å²) in [5.41, 5.74) is 8.73. The highest BCUT2D eigenvalue weighted by Crippen LogP contribution is 2.51. The minimum absolute atomic E-state index is 0.268. The lowest BCUT2D eigenvalue weighted by Gasteiger charge is -2.33. The number of aryl methyl sites for hydroxylation is 1. The van der Waals surface area contributed by atoms with Crippen LogP contribution in [0.3, 0.4) is 0 Å². The molecule has 1 aliphatic heterocycles. The third-order valence-electron chi connectivity index (χ3n) is 6.99. The molecular weight excluding hydrogens is 471 g/mol. The van der Waals surface area contributed by atoms with Crippen molar-refractivity contribution in [3.63, 3.8) is 0 Å². The van der Waals surface area contributed by atoms with Crippen LogP contribution in [0.2, 0.25) is 0 Å². The van der Waals surface area contributed by atoms with Crippen LogP contribution in [0.25, 0.3) is 33.3 Å². The molecule has 1 aliphatic rings. The van der Waals surface area contributed by atoms with Gasteiger partial charge in [0.2, 0.25) is 0 Å². The first kappa shape index (κ1) is 22.3. The monoisotopic (exact) mass is 494 g/mol. The van der Waals surface area contributed by atoms with Gasteiger partial charge in [0.1, 0.15) is 5.82 Å². The number of nitrogens with zero attached hydrogens (tertiary/aromatic N) is 2. The Bertz CT molecular complexity index is 1770. The molecular formula is C34H23FN2O. The van der Waals surface area contributed by atoms with Crippen LogP contribution in [0.15, 0.2) is 121 Å². The van der Waals surface area contributed by atoms with Crippen LogP contribution in [0.4, 0.5) is 21.5 Å².